The van der Waals surface area contributed by atoms with Gasteiger partial charge >= 0.3 is 6.18 Å². The molecular weight excluding hydrogens is 402 g/mol. The van der Waals surface area contributed by atoms with Crippen LogP contribution in [-0.4, -0.2) is 4.98 Å². The van der Waals surface area contributed by atoms with E-state index in [1.165, 1.54) is 11.3 Å². The molecule has 0 aliphatic rings. The Morgan fingerprint density at radius 3 is 2.04 bits per heavy atom. The van der Waals surface area contributed by atoms with Crippen molar-refractivity contribution >= 4 is 46.1 Å². The summed E-state index contributed by atoms with van der Waals surface area (Å²) < 4.78 is 38.4. The normalized spacial score (nSPS) is 11.8. The summed E-state index contributed by atoms with van der Waals surface area (Å²) in [6.07, 6.45) is -4.51. The second kappa shape index (κ2) is 6.56. The summed E-state index contributed by atoms with van der Waals surface area (Å²) in [5.74, 6) is 0. The van der Waals surface area contributed by atoms with E-state index < -0.39 is 11.7 Å². The van der Waals surface area contributed by atoms with Gasteiger partial charge in [-0.05, 0) is 24.3 Å². The van der Waals surface area contributed by atoms with Crippen LogP contribution in [0.2, 0.25) is 15.1 Å². The van der Waals surface area contributed by atoms with Crippen molar-refractivity contribution in [1.82, 2.24) is 4.98 Å². The largest absolute Gasteiger partial charge is 0.416 e. The van der Waals surface area contributed by atoms with Crippen LogP contribution in [0.15, 0.2) is 41.8 Å². The van der Waals surface area contributed by atoms with E-state index in [9.17, 15) is 13.2 Å². The zero-order chi connectivity index (χ0) is 17.5. The van der Waals surface area contributed by atoms with Gasteiger partial charge in [0.1, 0.15) is 5.01 Å². The van der Waals surface area contributed by atoms with Crippen LogP contribution in [0.25, 0.3) is 21.8 Å². The lowest BCUT2D eigenvalue weighted by Crippen LogP contribution is -2.05. The van der Waals surface area contributed by atoms with E-state index in [0.29, 0.717) is 15.7 Å². The molecule has 8 heteroatoms. The Balaban J connectivity index is 2.03. The zero-order valence-corrected chi connectivity index (χ0v) is 14.7. The fourth-order valence-electron chi connectivity index (χ4n) is 2.08. The minimum Gasteiger partial charge on any atom is -0.236 e. The van der Waals surface area contributed by atoms with E-state index in [1.54, 1.807) is 29.6 Å². The molecule has 1 heterocycles. The second-order valence-electron chi connectivity index (χ2n) is 4.86. The van der Waals surface area contributed by atoms with Crippen LogP contribution in [0.1, 0.15) is 5.56 Å². The van der Waals surface area contributed by atoms with E-state index >= 15 is 0 Å². The van der Waals surface area contributed by atoms with Crippen LogP contribution in [-0.2, 0) is 6.18 Å². The molecule has 0 bridgehead atoms. The van der Waals surface area contributed by atoms with Crippen molar-refractivity contribution in [2.45, 2.75) is 6.18 Å². The molecule has 0 unspecified atom stereocenters. The van der Waals surface area contributed by atoms with Gasteiger partial charge in [-0.1, -0.05) is 46.9 Å². The molecule has 0 saturated heterocycles. The van der Waals surface area contributed by atoms with Crippen molar-refractivity contribution in [1.29, 1.82) is 0 Å². The molecule has 0 spiro atoms. The monoisotopic (exact) mass is 407 g/mol. The second-order valence-corrected chi connectivity index (χ2v) is 6.97. The Labute approximate surface area is 154 Å². The minimum absolute atomic E-state index is 0.0909. The van der Waals surface area contributed by atoms with Crippen LogP contribution < -0.4 is 0 Å². The zero-order valence-electron chi connectivity index (χ0n) is 11.7. The number of nitrogens with zero attached hydrogens (tertiary/aromatic N) is 1. The lowest BCUT2D eigenvalue weighted by atomic mass is 10.1. The van der Waals surface area contributed by atoms with Gasteiger partial charge in [0.25, 0.3) is 0 Å². The molecule has 24 heavy (non-hydrogen) atoms. The lowest BCUT2D eigenvalue weighted by molar-refractivity contribution is -0.137. The summed E-state index contributed by atoms with van der Waals surface area (Å²) in [6, 6.07) is 8.77. The van der Waals surface area contributed by atoms with Gasteiger partial charge in [-0.3, -0.25) is 0 Å². The smallest absolute Gasteiger partial charge is 0.236 e. The van der Waals surface area contributed by atoms with Gasteiger partial charge in [-0.15, -0.1) is 11.3 Å². The third-order valence-electron chi connectivity index (χ3n) is 3.23. The van der Waals surface area contributed by atoms with Crippen molar-refractivity contribution in [2.24, 2.45) is 0 Å². The highest BCUT2D eigenvalue weighted by atomic mass is 35.5. The number of alkyl halides is 3. The number of benzene rings is 2. The van der Waals surface area contributed by atoms with Gasteiger partial charge in [0, 0.05) is 21.5 Å². The average Bonchev–Trinajstić information content (AvgIpc) is 2.96. The van der Waals surface area contributed by atoms with E-state index in [-0.39, 0.29) is 15.6 Å². The molecule has 0 radical (unpaired) electrons. The molecule has 3 aromatic rings. The Bertz CT molecular complexity index is 865. The van der Waals surface area contributed by atoms with Crippen molar-refractivity contribution < 1.29 is 13.2 Å². The Kier molecular flexibility index (Phi) is 4.80. The molecule has 3 rings (SSSR count). The van der Waals surface area contributed by atoms with Crippen LogP contribution in [0.5, 0.6) is 0 Å². The van der Waals surface area contributed by atoms with Crippen molar-refractivity contribution in [3.8, 4) is 21.8 Å². The van der Waals surface area contributed by atoms with E-state index in [4.69, 9.17) is 34.8 Å². The molecule has 124 valence electrons. The highest BCUT2D eigenvalue weighted by Crippen LogP contribution is 2.42. The first-order valence-corrected chi connectivity index (χ1v) is 8.55. The molecule has 0 amide bonds. The first kappa shape index (κ1) is 17.5. The summed E-state index contributed by atoms with van der Waals surface area (Å²) >= 11 is 19.1. The maximum absolute atomic E-state index is 12.8. The quantitative estimate of drug-likeness (QED) is 0.429. The van der Waals surface area contributed by atoms with Gasteiger partial charge in [0.15, 0.2) is 0 Å². The Hall–Kier alpha value is -1.27. The maximum atomic E-state index is 12.8. The van der Waals surface area contributed by atoms with Gasteiger partial charge in [-0.2, -0.15) is 13.2 Å². The Morgan fingerprint density at radius 2 is 1.50 bits per heavy atom. The topological polar surface area (TPSA) is 12.9 Å². The highest BCUT2D eigenvalue weighted by molar-refractivity contribution is 7.13. The number of thiazole rings is 1. The molecule has 0 fully saturated rings. The van der Waals surface area contributed by atoms with Crippen LogP contribution in [0, 0.1) is 0 Å². The first-order valence-electron chi connectivity index (χ1n) is 6.54. The summed E-state index contributed by atoms with van der Waals surface area (Å²) in [6.45, 7) is 0. The van der Waals surface area contributed by atoms with Crippen molar-refractivity contribution in [2.75, 3.05) is 0 Å². The molecule has 0 atom stereocenters. The van der Waals surface area contributed by atoms with Crippen LogP contribution >= 0.6 is 46.1 Å². The number of hydrogen-bond donors (Lipinski definition) is 0. The molecular formula is C16H7Cl3F3NS. The van der Waals surface area contributed by atoms with Crippen LogP contribution in [0.4, 0.5) is 13.2 Å². The maximum Gasteiger partial charge on any atom is 0.416 e. The van der Waals surface area contributed by atoms with E-state index in [0.717, 1.165) is 17.7 Å². The van der Waals surface area contributed by atoms with Crippen LogP contribution in [0.3, 0.4) is 0 Å². The number of rotatable bonds is 2. The predicted octanol–water partition coefficient (Wildman–Crippen LogP) is 7.46. The van der Waals surface area contributed by atoms with Crippen molar-refractivity contribution in [3.63, 3.8) is 0 Å². The fraction of sp³-hybridized carbons (Fsp3) is 0.0625. The number of aromatic nitrogens is 1. The first-order chi connectivity index (χ1) is 11.3. The minimum atomic E-state index is -4.51. The van der Waals surface area contributed by atoms with Gasteiger partial charge in [0.05, 0.1) is 21.3 Å². The third-order valence-corrected chi connectivity index (χ3v) is 4.94. The highest BCUT2D eigenvalue weighted by Gasteiger charge is 2.32. The van der Waals surface area contributed by atoms with Crippen molar-refractivity contribution in [3.05, 3.63) is 62.4 Å². The Morgan fingerprint density at radius 1 is 0.917 bits per heavy atom. The third kappa shape index (κ3) is 3.54. The number of hydrogen-bond acceptors (Lipinski definition) is 2. The van der Waals surface area contributed by atoms with Gasteiger partial charge in [0.2, 0.25) is 0 Å². The average molecular weight is 409 g/mol. The SMILES string of the molecule is FC(F)(F)c1cc(Cl)c(-c2nc(-c3ccc(Cl)cc3)cs2)c(Cl)c1. The summed E-state index contributed by atoms with van der Waals surface area (Å²) in [5.41, 5.74) is 0.895. The molecule has 1 aromatic heterocycles. The lowest BCUT2D eigenvalue weighted by Gasteiger charge is -2.10. The number of halogens is 6. The van der Waals surface area contributed by atoms with Gasteiger partial charge in [-0.25, -0.2) is 4.98 Å². The summed E-state index contributed by atoms with van der Waals surface area (Å²) in [4.78, 5) is 4.42. The fourth-order valence-corrected chi connectivity index (χ4v) is 3.89. The standard InChI is InChI=1S/C16H7Cl3F3NS/c17-10-3-1-8(2-4-10)13-7-24-15(23-13)14-11(18)5-9(6-12(14)19)16(20,21)22/h1-7H. The molecule has 1 nitrogen and oxygen atoms in total. The van der Waals surface area contributed by atoms with Gasteiger partial charge < -0.3 is 0 Å². The predicted molar refractivity (Wildman–Crippen MR) is 93.0 cm³/mol. The molecule has 0 aliphatic carbocycles. The van der Waals surface area contributed by atoms with E-state index in [1.807, 2.05) is 0 Å². The molecule has 0 N–H and O–H groups in total. The molecule has 0 aliphatic heterocycles. The van der Waals surface area contributed by atoms with E-state index in [2.05, 4.69) is 4.98 Å². The molecule has 2 aromatic carbocycles. The summed E-state index contributed by atoms with van der Waals surface area (Å²) in [7, 11) is 0. The molecule has 0 saturated carbocycles. The summed E-state index contributed by atoms with van der Waals surface area (Å²) in [5, 5.41) is 2.65.